The van der Waals surface area contributed by atoms with Crippen molar-refractivity contribution in [1.82, 2.24) is 9.99 Å². The third kappa shape index (κ3) is 6.61. The van der Waals surface area contributed by atoms with Gasteiger partial charge in [0.25, 0.3) is 7.52 Å². The number of aryl methyl sites for hydroxylation is 1. The first-order valence-corrected chi connectivity index (χ1v) is 10.4. The van der Waals surface area contributed by atoms with E-state index in [1.165, 1.54) is 10.5 Å². The fourth-order valence-electron chi connectivity index (χ4n) is 2.99. The van der Waals surface area contributed by atoms with Gasteiger partial charge in [0.05, 0.1) is 6.04 Å². The topological polar surface area (TPSA) is 107 Å². The van der Waals surface area contributed by atoms with E-state index in [2.05, 4.69) is 5.09 Å². The molecule has 0 aromatic heterocycles. The van der Waals surface area contributed by atoms with Gasteiger partial charge in [0, 0.05) is 12.7 Å². The van der Waals surface area contributed by atoms with Crippen molar-refractivity contribution in [2.45, 2.75) is 38.1 Å². The summed E-state index contributed by atoms with van der Waals surface area (Å²) in [5.74, 6) is -1.49. The van der Waals surface area contributed by atoms with Gasteiger partial charge in [0.15, 0.2) is 0 Å². The lowest BCUT2D eigenvalue weighted by Gasteiger charge is -2.32. The SMILES string of the molecule is O=C(O)CN1CCCC(NP(=O)(O)CCCCc2ccccc2)C1=O. The molecular weight excluding hydrogens is 343 g/mol. The number of unbranched alkanes of at least 4 members (excludes halogenated alkanes) is 1. The molecule has 2 rings (SSSR count). The average molecular weight is 368 g/mol. The fraction of sp³-hybridized carbons (Fsp3) is 0.529. The maximum Gasteiger partial charge on any atom is 0.323 e. The number of carboxylic acid groups (broad SMARTS) is 1. The summed E-state index contributed by atoms with van der Waals surface area (Å²) in [5, 5.41) is 11.4. The molecule has 7 nitrogen and oxygen atoms in total. The lowest BCUT2D eigenvalue weighted by Crippen LogP contribution is -2.51. The summed E-state index contributed by atoms with van der Waals surface area (Å²) >= 11 is 0. The number of piperidine rings is 1. The molecular formula is C17H25N2O5P. The molecule has 3 N–H and O–H groups in total. The zero-order valence-corrected chi connectivity index (χ0v) is 15.0. The average Bonchev–Trinajstić information content (AvgIpc) is 2.56. The standard InChI is InChI=1S/C17H25N2O5P/c20-16(21)13-19-11-6-10-15(17(19)22)18-25(23,24)12-5-4-9-14-7-2-1-3-8-14/h1-3,7-8,15H,4-6,9-13H2,(H,20,21)(H2,18,23,24). The molecule has 1 aliphatic heterocycles. The van der Waals surface area contributed by atoms with Crippen LogP contribution in [0.1, 0.15) is 31.2 Å². The molecule has 0 radical (unpaired) electrons. The van der Waals surface area contributed by atoms with Crippen molar-refractivity contribution in [3.63, 3.8) is 0 Å². The van der Waals surface area contributed by atoms with E-state index in [4.69, 9.17) is 5.11 Å². The Kier molecular flexibility index (Phi) is 7.17. The van der Waals surface area contributed by atoms with Gasteiger partial charge in [0.1, 0.15) is 6.54 Å². The van der Waals surface area contributed by atoms with E-state index in [1.807, 2.05) is 30.3 Å². The second kappa shape index (κ2) is 9.13. The first-order chi connectivity index (χ1) is 11.9. The van der Waals surface area contributed by atoms with Crippen LogP contribution in [0.2, 0.25) is 0 Å². The summed E-state index contributed by atoms with van der Waals surface area (Å²) < 4.78 is 12.3. The van der Waals surface area contributed by atoms with Gasteiger partial charge in [-0.3, -0.25) is 14.2 Å². The molecule has 1 aromatic carbocycles. The number of likely N-dealkylation sites (tertiary alicyclic amines) is 1. The molecule has 2 atom stereocenters. The number of carboxylic acids is 1. The summed E-state index contributed by atoms with van der Waals surface area (Å²) in [6.45, 7) is -0.0000612. The van der Waals surface area contributed by atoms with Crippen LogP contribution in [0.3, 0.4) is 0 Å². The highest BCUT2D eigenvalue weighted by atomic mass is 31.2. The summed E-state index contributed by atoms with van der Waals surface area (Å²) in [5.41, 5.74) is 1.19. The first-order valence-electron chi connectivity index (χ1n) is 8.51. The van der Waals surface area contributed by atoms with Crippen LogP contribution in [0.15, 0.2) is 30.3 Å². The number of carbonyl (C=O) groups is 2. The highest BCUT2D eigenvalue weighted by molar-refractivity contribution is 7.55. The van der Waals surface area contributed by atoms with Crippen LogP contribution in [0, 0.1) is 0 Å². The van der Waals surface area contributed by atoms with Gasteiger partial charge in [-0.15, -0.1) is 0 Å². The third-order valence-electron chi connectivity index (χ3n) is 4.23. The van der Waals surface area contributed by atoms with Crippen molar-refractivity contribution < 1.29 is 24.2 Å². The number of benzene rings is 1. The maximum absolute atomic E-state index is 12.3. The summed E-state index contributed by atoms with van der Waals surface area (Å²) in [6, 6.07) is 9.14. The smallest absolute Gasteiger partial charge is 0.323 e. The van der Waals surface area contributed by atoms with Crippen LogP contribution in [0.4, 0.5) is 0 Å². The molecule has 0 spiro atoms. The molecule has 1 aliphatic rings. The van der Waals surface area contributed by atoms with E-state index >= 15 is 0 Å². The lowest BCUT2D eigenvalue weighted by atomic mass is 10.1. The Bertz CT molecular complexity index is 637. The number of aliphatic carboxylic acids is 1. The van der Waals surface area contributed by atoms with E-state index in [1.54, 1.807) is 0 Å². The first kappa shape index (κ1) is 19.6. The number of nitrogens with zero attached hydrogens (tertiary/aromatic N) is 1. The van der Waals surface area contributed by atoms with Gasteiger partial charge in [-0.05, 0) is 37.7 Å². The Morgan fingerprint density at radius 2 is 2.00 bits per heavy atom. The Morgan fingerprint density at radius 3 is 2.68 bits per heavy atom. The second-order valence-corrected chi connectivity index (χ2v) is 8.45. The van der Waals surface area contributed by atoms with Crippen molar-refractivity contribution in [3.05, 3.63) is 35.9 Å². The van der Waals surface area contributed by atoms with E-state index < -0.39 is 25.4 Å². The Labute approximate surface area is 147 Å². The molecule has 1 amide bonds. The van der Waals surface area contributed by atoms with Gasteiger partial charge in [-0.2, -0.15) is 0 Å². The number of amides is 1. The number of rotatable bonds is 9. The molecule has 1 aromatic rings. The van der Waals surface area contributed by atoms with Crippen LogP contribution in [-0.2, 0) is 20.6 Å². The number of hydrogen-bond donors (Lipinski definition) is 3. The van der Waals surface area contributed by atoms with Gasteiger partial charge in [-0.1, -0.05) is 30.3 Å². The number of hydrogen-bond acceptors (Lipinski definition) is 3. The van der Waals surface area contributed by atoms with Gasteiger partial charge >= 0.3 is 5.97 Å². The normalized spacial score (nSPS) is 20.3. The van der Waals surface area contributed by atoms with E-state index in [9.17, 15) is 19.0 Å². The minimum atomic E-state index is -3.63. The minimum absolute atomic E-state index is 0.0997. The second-order valence-electron chi connectivity index (χ2n) is 6.35. The highest BCUT2D eigenvalue weighted by Gasteiger charge is 2.33. The molecule has 0 bridgehead atoms. The van der Waals surface area contributed by atoms with Crippen LogP contribution in [0.5, 0.6) is 0 Å². The van der Waals surface area contributed by atoms with Crippen LogP contribution in [-0.4, -0.2) is 52.1 Å². The Hall–Kier alpha value is -1.69. The molecule has 8 heteroatoms. The predicted octanol–water partition coefficient (Wildman–Crippen LogP) is 1.86. The number of carbonyl (C=O) groups excluding carboxylic acids is 1. The molecule has 2 unspecified atom stereocenters. The Balaban J connectivity index is 1.78. The van der Waals surface area contributed by atoms with Crippen molar-refractivity contribution in [2.24, 2.45) is 0 Å². The summed E-state index contributed by atoms with van der Waals surface area (Å²) in [4.78, 5) is 34.3. The third-order valence-corrected chi connectivity index (χ3v) is 5.87. The monoisotopic (exact) mass is 368 g/mol. The highest BCUT2D eigenvalue weighted by Crippen LogP contribution is 2.38. The van der Waals surface area contributed by atoms with E-state index in [0.29, 0.717) is 25.8 Å². The van der Waals surface area contributed by atoms with Crippen molar-refractivity contribution in [2.75, 3.05) is 19.3 Å². The predicted molar refractivity (Wildman–Crippen MR) is 94.4 cm³/mol. The molecule has 1 fully saturated rings. The van der Waals surface area contributed by atoms with E-state index in [-0.39, 0.29) is 12.7 Å². The lowest BCUT2D eigenvalue weighted by molar-refractivity contribution is -0.146. The van der Waals surface area contributed by atoms with Crippen molar-refractivity contribution in [1.29, 1.82) is 0 Å². The van der Waals surface area contributed by atoms with E-state index in [0.717, 1.165) is 12.8 Å². The van der Waals surface area contributed by atoms with Crippen LogP contribution >= 0.6 is 7.52 Å². The molecule has 0 aliphatic carbocycles. The quantitative estimate of drug-likeness (QED) is 0.454. The maximum atomic E-state index is 12.3. The molecule has 1 heterocycles. The Morgan fingerprint density at radius 1 is 1.28 bits per heavy atom. The molecule has 138 valence electrons. The van der Waals surface area contributed by atoms with Gasteiger partial charge in [0.2, 0.25) is 5.91 Å². The van der Waals surface area contributed by atoms with Crippen LogP contribution < -0.4 is 5.09 Å². The molecule has 1 saturated heterocycles. The zero-order chi connectivity index (χ0) is 18.3. The zero-order valence-electron chi connectivity index (χ0n) is 14.1. The van der Waals surface area contributed by atoms with Gasteiger partial charge in [-0.25, -0.2) is 5.09 Å². The molecule has 0 saturated carbocycles. The summed E-state index contributed by atoms with van der Waals surface area (Å²) in [7, 11) is -3.63. The number of nitrogens with one attached hydrogen (secondary N) is 1. The van der Waals surface area contributed by atoms with Gasteiger partial charge < -0.3 is 14.9 Å². The van der Waals surface area contributed by atoms with Crippen molar-refractivity contribution in [3.8, 4) is 0 Å². The largest absolute Gasteiger partial charge is 0.480 e. The summed E-state index contributed by atoms with van der Waals surface area (Å²) in [6.07, 6.45) is 3.38. The van der Waals surface area contributed by atoms with Crippen molar-refractivity contribution >= 4 is 19.4 Å². The van der Waals surface area contributed by atoms with Crippen LogP contribution in [0.25, 0.3) is 0 Å². The molecule has 25 heavy (non-hydrogen) atoms. The fourth-order valence-corrected chi connectivity index (χ4v) is 4.50. The minimum Gasteiger partial charge on any atom is -0.480 e.